The van der Waals surface area contributed by atoms with Gasteiger partial charge in [0.2, 0.25) is 5.91 Å². The smallest absolute Gasteiger partial charge is 0.221 e. The van der Waals surface area contributed by atoms with Crippen LogP contribution in [-0.4, -0.2) is 16.5 Å². The van der Waals surface area contributed by atoms with Crippen LogP contribution in [-0.2, 0) is 17.8 Å². The summed E-state index contributed by atoms with van der Waals surface area (Å²) in [6.45, 7) is 11.6. The van der Waals surface area contributed by atoms with Crippen LogP contribution in [0.25, 0.3) is 10.9 Å². The lowest BCUT2D eigenvalue weighted by molar-refractivity contribution is -0.122. The first-order chi connectivity index (χ1) is 17.4. The van der Waals surface area contributed by atoms with E-state index in [1.807, 2.05) is 42.5 Å². The summed E-state index contributed by atoms with van der Waals surface area (Å²) in [5, 5.41) is 4.44. The SMILES string of the molecule is CCc1cccc2c(C(CC(=O)NC(C)C(C)C)c3cccc(Oc4ccccc4)c3)cn(CC)c12. The fourth-order valence-corrected chi connectivity index (χ4v) is 4.77. The van der Waals surface area contributed by atoms with Gasteiger partial charge < -0.3 is 14.6 Å². The van der Waals surface area contributed by atoms with Gasteiger partial charge in [-0.15, -0.1) is 0 Å². The van der Waals surface area contributed by atoms with Crippen molar-refractivity contribution in [3.8, 4) is 11.5 Å². The molecular weight excluding hydrogens is 444 g/mol. The molecule has 0 aliphatic heterocycles. The number of nitrogens with zero attached hydrogens (tertiary/aromatic N) is 1. The molecule has 0 radical (unpaired) electrons. The van der Waals surface area contributed by atoms with Crippen LogP contribution in [0.3, 0.4) is 0 Å². The van der Waals surface area contributed by atoms with Crippen LogP contribution in [0.1, 0.15) is 63.6 Å². The first kappa shape index (κ1) is 25.6. The van der Waals surface area contributed by atoms with Crippen molar-refractivity contribution in [2.24, 2.45) is 5.92 Å². The van der Waals surface area contributed by atoms with Gasteiger partial charge in [-0.3, -0.25) is 4.79 Å². The van der Waals surface area contributed by atoms with Crippen LogP contribution in [0.15, 0.2) is 79.0 Å². The minimum atomic E-state index is -0.0916. The molecule has 0 bridgehead atoms. The molecule has 4 aromatic rings. The zero-order chi connectivity index (χ0) is 25.7. The third-order valence-corrected chi connectivity index (χ3v) is 7.13. The summed E-state index contributed by atoms with van der Waals surface area (Å²) in [4.78, 5) is 13.3. The van der Waals surface area contributed by atoms with Gasteiger partial charge in [-0.1, -0.05) is 69.3 Å². The lowest BCUT2D eigenvalue weighted by Crippen LogP contribution is -2.36. The quantitative estimate of drug-likeness (QED) is 0.252. The molecule has 2 atom stereocenters. The van der Waals surface area contributed by atoms with Crippen molar-refractivity contribution in [1.82, 2.24) is 9.88 Å². The topological polar surface area (TPSA) is 43.3 Å². The monoisotopic (exact) mass is 482 g/mol. The fourth-order valence-electron chi connectivity index (χ4n) is 4.77. The molecule has 4 heteroatoms. The predicted molar refractivity (Wildman–Crippen MR) is 149 cm³/mol. The number of aryl methyl sites for hydroxylation is 2. The van der Waals surface area contributed by atoms with E-state index in [0.29, 0.717) is 12.3 Å². The summed E-state index contributed by atoms with van der Waals surface area (Å²) >= 11 is 0. The Bertz CT molecular complexity index is 1310. The van der Waals surface area contributed by atoms with E-state index < -0.39 is 0 Å². The van der Waals surface area contributed by atoms with E-state index in [-0.39, 0.29) is 17.9 Å². The Balaban J connectivity index is 1.78. The highest BCUT2D eigenvalue weighted by Gasteiger charge is 2.25. The molecule has 2 unspecified atom stereocenters. The highest BCUT2D eigenvalue weighted by Crippen LogP contribution is 2.37. The zero-order valence-electron chi connectivity index (χ0n) is 22.1. The number of rotatable bonds is 10. The van der Waals surface area contributed by atoms with Gasteiger partial charge in [0, 0.05) is 36.5 Å². The zero-order valence-corrected chi connectivity index (χ0v) is 22.1. The molecule has 188 valence electrons. The normalized spacial score (nSPS) is 13.1. The lowest BCUT2D eigenvalue weighted by Gasteiger charge is -2.22. The maximum absolute atomic E-state index is 13.3. The molecule has 0 saturated heterocycles. The van der Waals surface area contributed by atoms with Crippen LogP contribution >= 0.6 is 0 Å². The maximum atomic E-state index is 13.3. The average Bonchev–Trinajstić information content (AvgIpc) is 3.26. The summed E-state index contributed by atoms with van der Waals surface area (Å²) in [6, 6.07) is 24.6. The van der Waals surface area contributed by atoms with E-state index in [1.54, 1.807) is 0 Å². The molecule has 36 heavy (non-hydrogen) atoms. The standard InChI is InChI=1S/C32H38N2O2/c1-6-24-13-12-18-28-30(21-34(7-2)32(24)28)29(20-31(35)33-23(5)22(3)4)25-14-11-17-27(19-25)36-26-15-9-8-10-16-26/h8-19,21-23,29H,6-7,20H2,1-5H3,(H,33,35). The van der Waals surface area contributed by atoms with Crippen molar-refractivity contribution in [3.63, 3.8) is 0 Å². The molecule has 0 fully saturated rings. The number of aromatic nitrogens is 1. The van der Waals surface area contributed by atoms with E-state index in [9.17, 15) is 4.79 Å². The van der Waals surface area contributed by atoms with Crippen molar-refractivity contribution in [2.75, 3.05) is 0 Å². The van der Waals surface area contributed by atoms with Crippen molar-refractivity contribution in [1.29, 1.82) is 0 Å². The van der Waals surface area contributed by atoms with Gasteiger partial charge in [-0.05, 0) is 67.1 Å². The number of hydrogen-bond donors (Lipinski definition) is 1. The minimum Gasteiger partial charge on any atom is -0.457 e. The molecular formula is C32H38N2O2. The Morgan fingerprint density at radius 3 is 2.33 bits per heavy atom. The molecule has 1 heterocycles. The number of hydrogen-bond acceptors (Lipinski definition) is 2. The van der Waals surface area contributed by atoms with E-state index in [4.69, 9.17) is 4.74 Å². The third kappa shape index (κ3) is 5.64. The predicted octanol–water partition coefficient (Wildman–Crippen LogP) is 7.70. The molecule has 3 aromatic carbocycles. The highest BCUT2D eigenvalue weighted by molar-refractivity contribution is 5.89. The molecule has 4 rings (SSSR count). The number of fused-ring (bicyclic) bond motifs is 1. The minimum absolute atomic E-state index is 0.0691. The number of carbonyl (C=O) groups excluding carboxylic acids is 1. The van der Waals surface area contributed by atoms with Gasteiger partial charge in [0.1, 0.15) is 11.5 Å². The maximum Gasteiger partial charge on any atom is 0.221 e. The molecule has 1 amide bonds. The summed E-state index contributed by atoms with van der Waals surface area (Å²) in [6.07, 6.45) is 3.60. The van der Waals surface area contributed by atoms with Crippen molar-refractivity contribution < 1.29 is 9.53 Å². The van der Waals surface area contributed by atoms with Crippen molar-refractivity contribution >= 4 is 16.8 Å². The first-order valence-electron chi connectivity index (χ1n) is 13.1. The van der Waals surface area contributed by atoms with Crippen molar-refractivity contribution in [2.45, 2.75) is 66.0 Å². The summed E-state index contributed by atoms with van der Waals surface area (Å²) < 4.78 is 8.48. The number of nitrogens with one attached hydrogen (secondary N) is 1. The second-order valence-electron chi connectivity index (χ2n) is 9.88. The lowest BCUT2D eigenvalue weighted by atomic mass is 9.87. The largest absolute Gasteiger partial charge is 0.457 e. The number of amides is 1. The number of para-hydroxylation sites is 2. The average molecular weight is 483 g/mol. The number of ether oxygens (including phenoxy) is 1. The molecule has 0 saturated carbocycles. The Morgan fingerprint density at radius 1 is 0.917 bits per heavy atom. The van der Waals surface area contributed by atoms with Gasteiger partial charge in [0.05, 0.1) is 5.52 Å². The summed E-state index contributed by atoms with van der Waals surface area (Å²) in [5.74, 6) is 1.92. The fraction of sp³-hybridized carbons (Fsp3) is 0.344. The highest BCUT2D eigenvalue weighted by atomic mass is 16.5. The van der Waals surface area contributed by atoms with Crippen LogP contribution in [0.4, 0.5) is 0 Å². The molecule has 0 spiro atoms. The summed E-state index contributed by atoms with van der Waals surface area (Å²) in [5.41, 5.74) is 4.87. The van der Waals surface area contributed by atoms with Crippen LogP contribution in [0.2, 0.25) is 0 Å². The first-order valence-corrected chi connectivity index (χ1v) is 13.1. The molecule has 0 aliphatic rings. The third-order valence-electron chi connectivity index (χ3n) is 7.13. The Hall–Kier alpha value is -3.53. The molecule has 1 N–H and O–H groups in total. The van der Waals surface area contributed by atoms with Crippen LogP contribution in [0.5, 0.6) is 11.5 Å². The van der Waals surface area contributed by atoms with Gasteiger partial charge in [-0.2, -0.15) is 0 Å². The van der Waals surface area contributed by atoms with Crippen molar-refractivity contribution in [3.05, 3.63) is 95.7 Å². The Labute approximate surface area is 215 Å². The van der Waals surface area contributed by atoms with E-state index in [2.05, 4.69) is 81.0 Å². The van der Waals surface area contributed by atoms with Crippen LogP contribution < -0.4 is 10.1 Å². The molecule has 4 nitrogen and oxygen atoms in total. The van der Waals surface area contributed by atoms with Gasteiger partial charge in [0.15, 0.2) is 0 Å². The molecule has 1 aromatic heterocycles. The number of carbonyl (C=O) groups is 1. The second-order valence-corrected chi connectivity index (χ2v) is 9.88. The summed E-state index contributed by atoms with van der Waals surface area (Å²) in [7, 11) is 0. The second kappa shape index (κ2) is 11.5. The van der Waals surface area contributed by atoms with E-state index in [0.717, 1.165) is 30.0 Å². The Kier molecular flexibility index (Phi) is 8.14. The van der Waals surface area contributed by atoms with Gasteiger partial charge in [0.25, 0.3) is 0 Å². The number of benzene rings is 3. The van der Waals surface area contributed by atoms with E-state index in [1.165, 1.54) is 22.0 Å². The van der Waals surface area contributed by atoms with Gasteiger partial charge in [-0.25, -0.2) is 0 Å². The van der Waals surface area contributed by atoms with Crippen LogP contribution in [0, 0.1) is 5.92 Å². The van der Waals surface area contributed by atoms with Gasteiger partial charge >= 0.3 is 0 Å². The van der Waals surface area contributed by atoms with E-state index >= 15 is 0 Å². The Morgan fingerprint density at radius 2 is 1.64 bits per heavy atom. The molecule has 0 aliphatic carbocycles.